The quantitative estimate of drug-likeness (QED) is 0.660. The average Bonchev–Trinajstić information content (AvgIpc) is 2.03. The fourth-order valence-electron chi connectivity index (χ4n) is 1.17. The van der Waals surface area contributed by atoms with Gasteiger partial charge in [0.1, 0.15) is 0 Å². The molecule has 0 heterocycles. The van der Waals surface area contributed by atoms with Gasteiger partial charge in [-0.1, -0.05) is 6.92 Å². The van der Waals surface area contributed by atoms with Crippen LogP contribution >= 0.6 is 0 Å². The third-order valence-electron chi connectivity index (χ3n) is 2.53. The fourth-order valence-corrected chi connectivity index (χ4v) is 1.17. The topological polar surface area (TPSA) is 21.3 Å². The van der Waals surface area contributed by atoms with Crippen molar-refractivity contribution in [2.75, 3.05) is 13.7 Å². The van der Waals surface area contributed by atoms with Gasteiger partial charge < -0.3 is 10.1 Å². The van der Waals surface area contributed by atoms with Gasteiger partial charge in [-0.15, -0.1) is 0 Å². The zero-order valence-electron chi connectivity index (χ0n) is 8.40. The molecule has 2 heteroatoms. The molecule has 0 radical (unpaired) electrons. The molecule has 0 aromatic heterocycles. The molecule has 2 unspecified atom stereocenters. The first-order valence-corrected chi connectivity index (χ1v) is 4.42. The molecule has 0 aromatic carbocycles. The van der Waals surface area contributed by atoms with Crippen LogP contribution in [0, 0.1) is 0 Å². The van der Waals surface area contributed by atoms with Gasteiger partial charge in [-0.05, 0) is 34.2 Å². The average molecular weight is 159 g/mol. The molecule has 0 saturated carbocycles. The van der Waals surface area contributed by atoms with E-state index in [-0.39, 0.29) is 5.60 Å². The lowest BCUT2D eigenvalue weighted by atomic mass is 9.95. The van der Waals surface area contributed by atoms with Crippen molar-refractivity contribution in [2.24, 2.45) is 0 Å². The number of ether oxygens (including phenoxy) is 1. The minimum atomic E-state index is -0.0104. The van der Waals surface area contributed by atoms with Crippen LogP contribution in [0.2, 0.25) is 0 Å². The maximum Gasteiger partial charge on any atom is 0.0801 e. The van der Waals surface area contributed by atoms with Crippen molar-refractivity contribution in [1.82, 2.24) is 5.32 Å². The van der Waals surface area contributed by atoms with Gasteiger partial charge in [-0.25, -0.2) is 0 Å². The predicted octanol–water partition coefficient (Wildman–Crippen LogP) is 1.80. The third kappa shape index (κ3) is 2.80. The van der Waals surface area contributed by atoms with Crippen LogP contribution in [0.4, 0.5) is 0 Å². The molecule has 0 bridgehead atoms. The van der Waals surface area contributed by atoms with Crippen molar-refractivity contribution in [2.45, 2.75) is 45.8 Å². The van der Waals surface area contributed by atoms with Gasteiger partial charge in [0.25, 0.3) is 0 Å². The van der Waals surface area contributed by atoms with Crippen LogP contribution in [-0.4, -0.2) is 25.3 Å². The molecule has 68 valence electrons. The summed E-state index contributed by atoms with van der Waals surface area (Å²) in [5, 5.41) is 3.22. The summed E-state index contributed by atoms with van der Waals surface area (Å²) in [5.74, 6) is 0. The number of likely N-dealkylation sites (N-methyl/N-ethyl adjacent to an activating group) is 1. The summed E-state index contributed by atoms with van der Waals surface area (Å²) in [7, 11) is 1.97. The van der Waals surface area contributed by atoms with E-state index in [1.165, 1.54) is 0 Å². The van der Waals surface area contributed by atoms with Gasteiger partial charge in [0.2, 0.25) is 0 Å². The highest BCUT2D eigenvalue weighted by Gasteiger charge is 2.28. The van der Waals surface area contributed by atoms with E-state index in [4.69, 9.17) is 4.74 Å². The van der Waals surface area contributed by atoms with E-state index in [1.807, 2.05) is 14.0 Å². The Labute approximate surface area is 70.3 Å². The van der Waals surface area contributed by atoms with Crippen molar-refractivity contribution < 1.29 is 4.74 Å². The van der Waals surface area contributed by atoms with Crippen molar-refractivity contribution in [1.29, 1.82) is 0 Å². The molecular weight excluding hydrogens is 138 g/mol. The smallest absolute Gasteiger partial charge is 0.0801 e. The first-order chi connectivity index (χ1) is 5.10. The largest absolute Gasteiger partial charge is 0.374 e. The lowest BCUT2D eigenvalue weighted by molar-refractivity contribution is -0.0491. The highest BCUT2D eigenvalue weighted by atomic mass is 16.5. The Balaban J connectivity index is 4.07. The SMILES string of the molecule is CCOC(C)(CC)C(C)NC. The Bertz CT molecular complexity index is 106. The minimum absolute atomic E-state index is 0.0104. The summed E-state index contributed by atoms with van der Waals surface area (Å²) in [5.41, 5.74) is -0.0104. The molecule has 0 aliphatic rings. The van der Waals surface area contributed by atoms with Gasteiger partial charge in [0.05, 0.1) is 5.60 Å². The molecule has 1 N–H and O–H groups in total. The Morgan fingerprint density at radius 2 is 2.00 bits per heavy atom. The molecule has 0 rings (SSSR count). The zero-order chi connectivity index (χ0) is 8.91. The molecule has 0 fully saturated rings. The van der Waals surface area contributed by atoms with Crippen LogP contribution in [0.1, 0.15) is 34.1 Å². The monoisotopic (exact) mass is 159 g/mol. The van der Waals surface area contributed by atoms with Gasteiger partial charge in [-0.3, -0.25) is 0 Å². The number of hydrogen-bond donors (Lipinski definition) is 1. The molecular formula is C9H21NO. The van der Waals surface area contributed by atoms with Crippen LogP contribution in [0.15, 0.2) is 0 Å². The lowest BCUT2D eigenvalue weighted by Gasteiger charge is -2.34. The number of hydrogen-bond acceptors (Lipinski definition) is 2. The Kier molecular flexibility index (Phi) is 4.69. The molecule has 0 spiro atoms. The lowest BCUT2D eigenvalue weighted by Crippen LogP contribution is -2.47. The van der Waals surface area contributed by atoms with E-state index in [2.05, 4.69) is 26.1 Å². The highest BCUT2D eigenvalue weighted by Crippen LogP contribution is 2.19. The summed E-state index contributed by atoms with van der Waals surface area (Å²) in [4.78, 5) is 0. The van der Waals surface area contributed by atoms with Crippen molar-refractivity contribution in [3.05, 3.63) is 0 Å². The molecule has 2 atom stereocenters. The maximum atomic E-state index is 5.67. The first kappa shape index (κ1) is 10.9. The van der Waals surface area contributed by atoms with Gasteiger partial charge in [0.15, 0.2) is 0 Å². The molecule has 11 heavy (non-hydrogen) atoms. The standard InChI is InChI=1S/C9H21NO/c1-6-9(4,11-7-2)8(3)10-5/h8,10H,6-7H2,1-5H3. The van der Waals surface area contributed by atoms with E-state index in [0.29, 0.717) is 6.04 Å². The molecule has 0 amide bonds. The Morgan fingerprint density at radius 3 is 2.27 bits per heavy atom. The van der Waals surface area contributed by atoms with Crippen molar-refractivity contribution >= 4 is 0 Å². The Morgan fingerprint density at radius 1 is 1.45 bits per heavy atom. The Hall–Kier alpha value is -0.0800. The predicted molar refractivity (Wildman–Crippen MR) is 48.8 cm³/mol. The van der Waals surface area contributed by atoms with Crippen molar-refractivity contribution in [3.8, 4) is 0 Å². The molecule has 0 aliphatic heterocycles. The normalized spacial score (nSPS) is 19.4. The minimum Gasteiger partial charge on any atom is -0.374 e. The van der Waals surface area contributed by atoms with Crippen LogP contribution < -0.4 is 5.32 Å². The van der Waals surface area contributed by atoms with Crippen molar-refractivity contribution in [3.63, 3.8) is 0 Å². The summed E-state index contributed by atoms with van der Waals surface area (Å²) >= 11 is 0. The van der Waals surface area contributed by atoms with Crippen LogP contribution in [0.25, 0.3) is 0 Å². The summed E-state index contributed by atoms with van der Waals surface area (Å²) in [6.07, 6.45) is 1.04. The van der Waals surface area contributed by atoms with E-state index in [1.54, 1.807) is 0 Å². The highest BCUT2D eigenvalue weighted by molar-refractivity contribution is 4.84. The second-order valence-electron chi connectivity index (χ2n) is 3.11. The van der Waals surface area contributed by atoms with Gasteiger partial charge in [0, 0.05) is 12.6 Å². The zero-order valence-corrected chi connectivity index (χ0v) is 8.40. The first-order valence-electron chi connectivity index (χ1n) is 4.42. The summed E-state index contributed by atoms with van der Waals surface area (Å²) in [6, 6.07) is 0.410. The number of rotatable bonds is 5. The van der Waals surface area contributed by atoms with E-state index >= 15 is 0 Å². The molecule has 0 saturated heterocycles. The summed E-state index contributed by atoms with van der Waals surface area (Å²) in [6.45, 7) is 9.28. The van der Waals surface area contributed by atoms with Crippen LogP contribution in [0.5, 0.6) is 0 Å². The van der Waals surface area contributed by atoms with E-state index < -0.39 is 0 Å². The fraction of sp³-hybridized carbons (Fsp3) is 1.00. The maximum absolute atomic E-state index is 5.67. The van der Waals surface area contributed by atoms with Gasteiger partial charge >= 0.3 is 0 Å². The number of nitrogens with one attached hydrogen (secondary N) is 1. The third-order valence-corrected chi connectivity index (χ3v) is 2.53. The second kappa shape index (κ2) is 4.73. The molecule has 0 aliphatic carbocycles. The van der Waals surface area contributed by atoms with Gasteiger partial charge in [-0.2, -0.15) is 0 Å². The van der Waals surface area contributed by atoms with E-state index in [9.17, 15) is 0 Å². The second-order valence-corrected chi connectivity index (χ2v) is 3.11. The van der Waals surface area contributed by atoms with Crippen LogP contribution in [0.3, 0.4) is 0 Å². The summed E-state index contributed by atoms with van der Waals surface area (Å²) < 4.78 is 5.67. The molecule has 2 nitrogen and oxygen atoms in total. The van der Waals surface area contributed by atoms with Crippen LogP contribution in [-0.2, 0) is 4.74 Å². The molecule has 0 aromatic rings. The van der Waals surface area contributed by atoms with E-state index in [0.717, 1.165) is 13.0 Å².